The van der Waals surface area contributed by atoms with E-state index < -0.39 is 10.0 Å². The van der Waals surface area contributed by atoms with E-state index in [2.05, 4.69) is 14.9 Å². The van der Waals surface area contributed by atoms with E-state index in [1.165, 1.54) is 12.1 Å². The van der Waals surface area contributed by atoms with Crippen LogP contribution in [-0.4, -0.2) is 38.0 Å². The zero-order valence-corrected chi connectivity index (χ0v) is 22.9. The Morgan fingerprint density at radius 3 is 2.63 bits per heavy atom. The van der Waals surface area contributed by atoms with Crippen LogP contribution in [0.2, 0.25) is 5.02 Å². The van der Waals surface area contributed by atoms with Gasteiger partial charge in [0, 0.05) is 53.9 Å². The van der Waals surface area contributed by atoms with Crippen molar-refractivity contribution in [3.8, 4) is 0 Å². The van der Waals surface area contributed by atoms with Crippen molar-refractivity contribution in [3.63, 3.8) is 0 Å². The summed E-state index contributed by atoms with van der Waals surface area (Å²) in [6.07, 6.45) is 1.75. The summed E-state index contributed by atoms with van der Waals surface area (Å²) in [6, 6.07) is 16.6. The highest BCUT2D eigenvalue weighted by molar-refractivity contribution is 7.92. The van der Waals surface area contributed by atoms with E-state index in [1.807, 2.05) is 24.5 Å². The first-order valence-corrected chi connectivity index (χ1v) is 14.7. The van der Waals surface area contributed by atoms with Crippen LogP contribution in [0.25, 0.3) is 0 Å². The second-order valence-electron chi connectivity index (χ2n) is 10.2. The van der Waals surface area contributed by atoms with Gasteiger partial charge in [-0.3, -0.25) is 14.3 Å². The van der Waals surface area contributed by atoms with Crippen LogP contribution in [0.1, 0.15) is 48.7 Å². The summed E-state index contributed by atoms with van der Waals surface area (Å²) in [5, 5.41) is 3.26. The number of pyridine rings is 1. The number of rotatable bonds is 7. The topological polar surface area (TPSA) is 101 Å². The molecule has 10 heteroatoms. The molecule has 200 valence electrons. The van der Waals surface area contributed by atoms with Crippen LogP contribution in [0.5, 0.6) is 0 Å². The predicted octanol–water partition coefficient (Wildman–Crippen LogP) is 4.45. The smallest absolute Gasteiger partial charge is 0.262 e. The Labute approximate surface area is 227 Å². The van der Waals surface area contributed by atoms with Crippen molar-refractivity contribution >= 4 is 38.9 Å². The molecular weight excluding hydrogens is 524 g/mol. The summed E-state index contributed by atoms with van der Waals surface area (Å²) in [5.74, 6) is 0.118. The number of fused-ring (bicyclic) bond motifs is 4. The monoisotopic (exact) mass is 554 g/mol. The highest BCUT2D eigenvalue weighted by Crippen LogP contribution is 2.40. The van der Waals surface area contributed by atoms with Gasteiger partial charge in [0.2, 0.25) is 0 Å². The number of carbonyl (C=O) groups excluding carboxylic acids is 1. The van der Waals surface area contributed by atoms with Crippen molar-refractivity contribution in [2.75, 3.05) is 22.7 Å². The van der Waals surface area contributed by atoms with Crippen LogP contribution in [0.4, 0.5) is 11.4 Å². The molecule has 3 aromatic rings. The molecule has 2 N–H and O–H groups in total. The highest BCUT2D eigenvalue weighted by atomic mass is 35.5. The van der Waals surface area contributed by atoms with Gasteiger partial charge < -0.3 is 14.8 Å². The second kappa shape index (κ2) is 10.5. The number of piperidine rings is 1. The number of hydrogen-bond acceptors (Lipinski definition) is 5. The Hall–Kier alpha value is -3.30. The lowest BCUT2D eigenvalue weighted by Gasteiger charge is -2.44. The zero-order valence-electron chi connectivity index (χ0n) is 21.4. The predicted molar refractivity (Wildman–Crippen MR) is 150 cm³/mol. The normalized spacial score (nSPS) is 19.4. The fraction of sp³-hybridized carbons (Fsp3) is 0.357. The maximum Gasteiger partial charge on any atom is 0.262 e. The maximum absolute atomic E-state index is 13.4. The molecule has 1 amide bonds. The molecule has 3 atom stereocenters. The molecule has 0 spiro atoms. The van der Waals surface area contributed by atoms with Gasteiger partial charge in [0.1, 0.15) is 0 Å². The van der Waals surface area contributed by atoms with E-state index >= 15 is 0 Å². The minimum atomic E-state index is -3.98. The van der Waals surface area contributed by atoms with Crippen molar-refractivity contribution in [1.29, 1.82) is 0 Å². The van der Waals surface area contributed by atoms with Crippen molar-refractivity contribution in [2.45, 2.75) is 50.1 Å². The molecule has 0 radical (unpaired) electrons. The molecule has 2 aromatic carbocycles. The number of carbonyl (C=O) groups is 1. The van der Waals surface area contributed by atoms with E-state index in [1.54, 1.807) is 42.5 Å². The van der Waals surface area contributed by atoms with Crippen molar-refractivity contribution in [2.24, 2.45) is 5.92 Å². The number of nitrogens with one attached hydrogen (secondary N) is 2. The number of benzene rings is 2. The Morgan fingerprint density at radius 1 is 1.08 bits per heavy atom. The first-order valence-electron chi connectivity index (χ1n) is 12.8. The van der Waals surface area contributed by atoms with E-state index in [4.69, 9.17) is 11.6 Å². The largest absolute Gasteiger partial charge is 0.369 e. The average molecular weight is 555 g/mol. The molecule has 8 nitrogen and oxygen atoms in total. The third kappa shape index (κ3) is 5.31. The van der Waals surface area contributed by atoms with E-state index in [0.717, 1.165) is 18.5 Å². The number of aromatic nitrogens is 1. The SMILES string of the molecule is CCC(C)NC(=O)c1ccc(N2CC3CC(C2)c2cccc(=O)n2C3)c(NS(=O)(=O)c2cccc(Cl)c2)c1. The molecule has 3 unspecified atom stereocenters. The quantitative estimate of drug-likeness (QED) is 0.449. The lowest BCUT2D eigenvalue weighted by Crippen LogP contribution is -2.47. The van der Waals surface area contributed by atoms with Gasteiger partial charge in [-0.1, -0.05) is 30.7 Å². The molecule has 1 saturated heterocycles. The lowest BCUT2D eigenvalue weighted by molar-refractivity contribution is 0.0939. The van der Waals surface area contributed by atoms with Crippen LogP contribution in [0, 0.1) is 5.92 Å². The zero-order chi connectivity index (χ0) is 27.0. The Bertz CT molecular complexity index is 1540. The molecule has 5 rings (SSSR count). The van der Waals surface area contributed by atoms with Gasteiger partial charge in [0.05, 0.1) is 16.3 Å². The summed E-state index contributed by atoms with van der Waals surface area (Å²) < 4.78 is 31.3. The van der Waals surface area contributed by atoms with Crippen molar-refractivity contribution in [1.82, 2.24) is 9.88 Å². The molecule has 3 heterocycles. The first-order chi connectivity index (χ1) is 18.1. The third-order valence-corrected chi connectivity index (χ3v) is 9.02. The number of amides is 1. The average Bonchev–Trinajstić information content (AvgIpc) is 2.89. The van der Waals surface area contributed by atoms with Crippen LogP contribution in [0.3, 0.4) is 0 Å². The number of nitrogens with zero attached hydrogens (tertiary/aromatic N) is 2. The molecule has 2 bridgehead atoms. The molecule has 38 heavy (non-hydrogen) atoms. The van der Waals surface area contributed by atoms with E-state index in [-0.39, 0.29) is 34.2 Å². The summed E-state index contributed by atoms with van der Waals surface area (Å²) in [4.78, 5) is 27.5. The minimum absolute atomic E-state index is 0.0114. The molecular formula is C28H31ClN4O4S. The summed E-state index contributed by atoms with van der Waals surface area (Å²) in [5.41, 5.74) is 2.40. The minimum Gasteiger partial charge on any atom is -0.369 e. The van der Waals surface area contributed by atoms with Gasteiger partial charge in [0.25, 0.3) is 21.5 Å². The van der Waals surface area contributed by atoms with Gasteiger partial charge >= 0.3 is 0 Å². The van der Waals surface area contributed by atoms with Gasteiger partial charge in [-0.05, 0) is 68.1 Å². The molecule has 1 aromatic heterocycles. The van der Waals surface area contributed by atoms with E-state index in [0.29, 0.717) is 41.6 Å². The fourth-order valence-electron chi connectivity index (χ4n) is 5.37. The fourth-order valence-corrected chi connectivity index (χ4v) is 6.74. The third-order valence-electron chi connectivity index (χ3n) is 7.42. The molecule has 2 aliphatic rings. The molecule has 1 fully saturated rings. The lowest BCUT2D eigenvalue weighted by atomic mass is 9.83. The second-order valence-corrected chi connectivity index (χ2v) is 12.3. The van der Waals surface area contributed by atoms with Crippen molar-refractivity contribution < 1.29 is 13.2 Å². The highest BCUT2D eigenvalue weighted by Gasteiger charge is 2.35. The van der Waals surface area contributed by atoms with Gasteiger partial charge in [-0.2, -0.15) is 0 Å². The summed E-state index contributed by atoms with van der Waals surface area (Å²) >= 11 is 6.07. The molecule has 0 aliphatic carbocycles. The molecule has 0 saturated carbocycles. The number of anilines is 2. The number of halogens is 1. The summed E-state index contributed by atoms with van der Waals surface area (Å²) in [6.45, 7) is 5.83. The van der Waals surface area contributed by atoms with Crippen molar-refractivity contribution in [3.05, 3.63) is 87.3 Å². The Kier molecular flexibility index (Phi) is 7.24. The number of sulfonamides is 1. The van der Waals surface area contributed by atoms with Crippen LogP contribution in [-0.2, 0) is 16.6 Å². The standard InChI is InChI=1S/C28H31ClN4O4S/c1-3-18(2)30-28(35)20-10-11-26(24(13-20)31-38(36,37)23-7-4-6-22(29)14-23)32-15-19-12-21(17-32)25-8-5-9-27(34)33(25)16-19/h4-11,13-14,18-19,21,31H,3,12,15-17H2,1-2H3,(H,30,35). The van der Waals surface area contributed by atoms with Crippen LogP contribution < -0.4 is 20.5 Å². The molecule has 2 aliphatic heterocycles. The van der Waals surface area contributed by atoms with Gasteiger partial charge in [0.15, 0.2) is 0 Å². The van der Waals surface area contributed by atoms with Crippen LogP contribution in [0.15, 0.2) is 70.4 Å². The Balaban J connectivity index is 1.52. The van der Waals surface area contributed by atoms with Crippen LogP contribution >= 0.6 is 11.6 Å². The maximum atomic E-state index is 13.4. The van der Waals surface area contributed by atoms with Gasteiger partial charge in [-0.15, -0.1) is 0 Å². The Morgan fingerprint density at radius 2 is 1.87 bits per heavy atom. The number of hydrogen-bond donors (Lipinski definition) is 2. The van der Waals surface area contributed by atoms with Gasteiger partial charge in [-0.25, -0.2) is 8.42 Å². The summed E-state index contributed by atoms with van der Waals surface area (Å²) in [7, 11) is -3.98. The van der Waals surface area contributed by atoms with E-state index in [9.17, 15) is 18.0 Å². The first kappa shape index (κ1) is 26.3.